The molecule has 0 aliphatic heterocycles. The molecule has 0 saturated heterocycles. The molecule has 0 radical (unpaired) electrons. The van der Waals surface area contributed by atoms with Crippen LogP contribution in [0.5, 0.6) is 0 Å². The van der Waals surface area contributed by atoms with Crippen LogP contribution in [0, 0.1) is 0 Å². The van der Waals surface area contributed by atoms with Gasteiger partial charge in [-0.1, -0.05) is 127 Å². The van der Waals surface area contributed by atoms with Crippen LogP contribution in [-0.2, 0) is 0 Å². The van der Waals surface area contributed by atoms with Gasteiger partial charge >= 0.3 is 0 Å². The molecule has 0 bridgehead atoms. The van der Waals surface area contributed by atoms with Crippen LogP contribution in [0.3, 0.4) is 0 Å². The van der Waals surface area contributed by atoms with Crippen molar-refractivity contribution in [1.29, 1.82) is 0 Å². The molecule has 266 valence electrons. The van der Waals surface area contributed by atoms with Crippen molar-refractivity contribution in [3.63, 3.8) is 0 Å². The van der Waals surface area contributed by atoms with E-state index in [-0.39, 0.29) is 0 Å². The third kappa shape index (κ3) is 4.87. The van der Waals surface area contributed by atoms with Crippen molar-refractivity contribution >= 4 is 65.6 Å². The molecule has 0 aliphatic rings. The van der Waals surface area contributed by atoms with Crippen molar-refractivity contribution in [3.05, 3.63) is 188 Å². The predicted octanol–water partition coefficient (Wildman–Crippen LogP) is 13.0. The van der Waals surface area contributed by atoms with E-state index in [0.29, 0.717) is 17.5 Å². The van der Waals surface area contributed by atoms with Gasteiger partial charge in [0.2, 0.25) is 0 Å². The smallest absolute Gasteiger partial charge is 0.164 e. The molecule has 12 rings (SSSR count). The summed E-state index contributed by atoms with van der Waals surface area (Å²) in [4.78, 5) is 14.9. The van der Waals surface area contributed by atoms with E-state index in [1.807, 2.05) is 72.8 Å². The Morgan fingerprint density at radius 2 is 0.825 bits per heavy atom. The van der Waals surface area contributed by atoms with Gasteiger partial charge < -0.3 is 13.6 Å². The Balaban J connectivity index is 1.07. The molecule has 0 amide bonds. The summed E-state index contributed by atoms with van der Waals surface area (Å²) in [6.45, 7) is 0. The highest BCUT2D eigenvalue weighted by molar-refractivity contribution is 6.20. The summed E-state index contributed by atoms with van der Waals surface area (Å²) in [7, 11) is 0. The number of aromatic nitrogens is 5. The average Bonchev–Trinajstić information content (AvgIpc) is 3.94. The Morgan fingerprint density at radius 3 is 1.46 bits per heavy atom. The summed E-state index contributed by atoms with van der Waals surface area (Å²) in [6, 6.07) is 65.6. The summed E-state index contributed by atoms with van der Waals surface area (Å²) in [6.07, 6.45) is 0. The Bertz CT molecular complexity index is 3450. The monoisotopic (exact) mass is 729 g/mol. The quantitative estimate of drug-likeness (QED) is 0.177. The minimum Gasteiger partial charge on any atom is -0.454 e. The lowest BCUT2D eigenvalue weighted by molar-refractivity contribution is 0.666. The first kappa shape index (κ1) is 31.5. The number of hydrogen-bond acceptors (Lipinski definition) is 4. The molecule has 0 atom stereocenters. The van der Waals surface area contributed by atoms with E-state index in [0.717, 1.165) is 72.1 Å². The third-order valence-corrected chi connectivity index (χ3v) is 11.2. The number of benzene rings is 8. The van der Waals surface area contributed by atoms with E-state index >= 15 is 0 Å². The fraction of sp³-hybridized carbons (Fsp3) is 0. The zero-order valence-corrected chi connectivity index (χ0v) is 30.5. The van der Waals surface area contributed by atoms with Gasteiger partial charge in [0.15, 0.2) is 23.1 Å². The largest absolute Gasteiger partial charge is 0.454 e. The number of hydrogen-bond donors (Lipinski definition) is 0. The Labute approximate surface area is 326 Å². The maximum atomic E-state index is 6.61. The molecule has 0 N–H and O–H groups in total. The van der Waals surface area contributed by atoms with Gasteiger partial charge in [0.1, 0.15) is 5.58 Å². The average molecular weight is 730 g/mol. The van der Waals surface area contributed by atoms with Gasteiger partial charge in [-0.3, -0.25) is 0 Å². The lowest BCUT2D eigenvalue weighted by atomic mass is 10.1. The molecule has 57 heavy (non-hydrogen) atoms. The molecular formula is C51H31N5O. The fourth-order valence-corrected chi connectivity index (χ4v) is 8.57. The minimum absolute atomic E-state index is 0.627. The van der Waals surface area contributed by atoms with E-state index in [9.17, 15) is 0 Å². The van der Waals surface area contributed by atoms with Crippen LogP contribution >= 0.6 is 0 Å². The number of nitrogens with zero attached hydrogens (tertiary/aromatic N) is 5. The van der Waals surface area contributed by atoms with Gasteiger partial charge in [0.05, 0.1) is 27.8 Å². The van der Waals surface area contributed by atoms with Crippen molar-refractivity contribution in [2.24, 2.45) is 0 Å². The number of furan rings is 1. The number of rotatable bonds is 5. The van der Waals surface area contributed by atoms with Gasteiger partial charge in [-0.2, -0.15) is 0 Å². The third-order valence-electron chi connectivity index (χ3n) is 11.2. The maximum Gasteiger partial charge on any atom is 0.164 e. The standard InChI is InChI=1S/C51H31N5O/c1-3-14-32(15-4-1)49-52-50(33-16-5-2-6-17-33)54-51(53-49)34-26-28-35(29-27-34)55-42-22-10-7-18-36(42)40-30-41-37-19-8-11-23-43(37)56(46(41)31-45(40)55)44-24-13-21-39-38-20-9-12-25-47(38)57-48(39)44/h1-31H. The van der Waals surface area contributed by atoms with E-state index in [4.69, 9.17) is 19.4 Å². The van der Waals surface area contributed by atoms with Crippen molar-refractivity contribution in [2.45, 2.75) is 0 Å². The highest BCUT2D eigenvalue weighted by Crippen LogP contribution is 2.42. The zero-order chi connectivity index (χ0) is 37.5. The number of fused-ring (bicyclic) bond motifs is 9. The van der Waals surface area contributed by atoms with Gasteiger partial charge in [0.25, 0.3) is 0 Å². The second-order valence-electron chi connectivity index (χ2n) is 14.4. The first-order valence-corrected chi connectivity index (χ1v) is 19.1. The van der Waals surface area contributed by atoms with Gasteiger partial charge in [-0.05, 0) is 60.7 Å². The van der Waals surface area contributed by atoms with Crippen LogP contribution in [0.4, 0.5) is 0 Å². The van der Waals surface area contributed by atoms with E-state index in [1.54, 1.807) is 0 Å². The van der Waals surface area contributed by atoms with Crippen molar-refractivity contribution in [2.75, 3.05) is 0 Å². The summed E-state index contributed by atoms with van der Waals surface area (Å²) < 4.78 is 11.3. The molecule has 4 heterocycles. The molecule has 0 saturated carbocycles. The van der Waals surface area contributed by atoms with Crippen LogP contribution < -0.4 is 0 Å². The summed E-state index contributed by atoms with van der Waals surface area (Å²) in [5, 5.41) is 7.02. The van der Waals surface area contributed by atoms with E-state index < -0.39 is 0 Å². The van der Waals surface area contributed by atoms with Crippen LogP contribution in [0.25, 0.3) is 111 Å². The molecule has 0 fully saturated rings. The predicted molar refractivity (Wildman–Crippen MR) is 232 cm³/mol. The molecule has 0 unspecified atom stereocenters. The van der Waals surface area contributed by atoms with Crippen LogP contribution in [0.15, 0.2) is 192 Å². The SMILES string of the molecule is c1ccc(-c2nc(-c3ccccc3)nc(-c3ccc(-n4c5ccccc5c5cc6c7ccccc7n(-c7cccc8c7oc7ccccc78)c6cc54)cc3)n2)cc1. The fourth-order valence-electron chi connectivity index (χ4n) is 8.57. The molecule has 0 aliphatic carbocycles. The first-order valence-electron chi connectivity index (χ1n) is 19.1. The summed E-state index contributed by atoms with van der Waals surface area (Å²) in [5.74, 6) is 1.91. The Kier molecular flexibility index (Phi) is 6.83. The molecule has 0 spiro atoms. The topological polar surface area (TPSA) is 61.7 Å². The van der Waals surface area contributed by atoms with Crippen molar-refractivity contribution < 1.29 is 4.42 Å². The second kappa shape index (κ2) is 12.3. The lowest BCUT2D eigenvalue weighted by Gasteiger charge is -2.12. The summed E-state index contributed by atoms with van der Waals surface area (Å²) in [5.41, 5.74) is 11.1. The van der Waals surface area contributed by atoms with Gasteiger partial charge in [-0.25, -0.2) is 15.0 Å². The van der Waals surface area contributed by atoms with Crippen LogP contribution in [-0.4, -0.2) is 24.1 Å². The molecule has 6 nitrogen and oxygen atoms in total. The highest BCUT2D eigenvalue weighted by Gasteiger charge is 2.21. The minimum atomic E-state index is 0.627. The van der Waals surface area contributed by atoms with E-state index in [2.05, 4.69) is 124 Å². The highest BCUT2D eigenvalue weighted by atomic mass is 16.3. The number of para-hydroxylation sites is 4. The van der Waals surface area contributed by atoms with Crippen LogP contribution in [0.2, 0.25) is 0 Å². The van der Waals surface area contributed by atoms with Gasteiger partial charge in [0, 0.05) is 54.7 Å². The van der Waals surface area contributed by atoms with Gasteiger partial charge in [-0.15, -0.1) is 0 Å². The maximum absolute atomic E-state index is 6.61. The molecular weight excluding hydrogens is 699 g/mol. The Hall–Kier alpha value is -7.83. The molecule has 8 aromatic carbocycles. The van der Waals surface area contributed by atoms with Crippen molar-refractivity contribution in [1.82, 2.24) is 24.1 Å². The molecule has 6 heteroatoms. The summed E-state index contributed by atoms with van der Waals surface area (Å²) >= 11 is 0. The first-order chi connectivity index (χ1) is 28.3. The molecule has 4 aromatic heterocycles. The second-order valence-corrected chi connectivity index (χ2v) is 14.4. The molecule has 12 aromatic rings. The van der Waals surface area contributed by atoms with E-state index in [1.165, 1.54) is 21.5 Å². The zero-order valence-electron chi connectivity index (χ0n) is 30.5. The Morgan fingerprint density at radius 1 is 0.333 bits per heavy atom. The normalized spacial score (nSPS) is 11.9. The van der Waals surface area contributed by atoms with Crippen molar-refractivity contribution in [3.8, 4) is 45.5 Å². The van der Waals surface area contributed by atoms with Crippen LogP contribution in [0.1, 0.15) is 0 Å². The lowest BCUT2D eigenvalue weighted by Crippen LogP contribution is -2.00.